The second kappa shape index (κ2) is 7.90. The first-order valence-corrected chi connectivity index (χ1v) is 8.09. The third-order valence-electron chi connectivity index (χ3n) is 4.19. The fourth-order valence-corrected chi connectivity index (χ4v) is 2.70. The van der Waals surface area contributed by atoms with E-state index >= 15 is 0 Å². The first-order valence-electron chi connectivity index (χ1n) is 8.09. The number of aryl methyl sites for hydroxylation is 2. The number of nitrogens with zero attached hydrogens (tertiary/aromatic N) is 1. The quantitative estimate of drug-likeness (QED) is 0.813. The van der Waals surface area contributed by atoms with Crippen molar-refractivity contribution in [2.75, 3.05) is 20.6 Å². The van der Waals surface area contributed by atoms with E-state index in [1.807, 2.05) is 18.2 Å². The maximum absolute atomic E-state index is 12.2. The molecule has 0 aliphatic heterocycles. The van der Waals surface area contributed by atoms with Crippen molar-refractivity contribution >= 4 is 17.6 Å². The lowest BCUT2D eigenvalue weighted by atomic mass is 9.89. The van der Waals surface area contributed by atoms with Crippen LogP contribution in [0.5, 0.6) is 0 Å². The number of amides is 2. The zero-order valence-electron chi connectivity index (χ0n) is 13.9. The highest BCUT2D eigenvalue weighted by atomic mass is 16.2. The molecule has 2 rings (SSSR count). The summed E-state index contributed by atoms with van der Waals surface area (Å²) in [5, 5.41) is 2.54. The van der Waals surface area contributed by atoms with Gasteiger partial charge in [-0.2, -0.15) is 0 Å². The molecule has 0 aromatic heterocycles. The van der Waals surface area contributed by atoms with Gasteiger partial charge in [0, 0.05) is 32.5 Å². The number of Topliss-reactive ketones (excluding diaryl/α,β-unsaturated/α-hetero) is 1. The standard InChI is InChI=1S/C18H24N2O3/c1-20(2)18(23)12-19-17(22)10-9-16(21)15-8-7-13-5-3-4-6-14(13)11-15/h7-8,11H,3-6,9-10,12H2,1-2H3,(H,19,22). The summed E-state index contributed by atoms with van der Waals surface area (Å²) in [7, 11) is 3.27. The van der Waals surface area contributed by atoms with Crippen molar-refractivity contribution in [3.05, 3.63) is 34.9 Å². The Balaban J connectivity index is 1.82. The number of ketones is 1. The van der Waals surface area contributed by atoms with Gasteiger partial charge in [-0.3, -0.25) is 14.4 Å². The molecule has 2 amide bonds. The molecule has 0 radical (unpaired) electrons. The van der Waals surface area contributed by atoms with Gasteiger partial charge in [-0.1, -0.05) is 12.1 Å². The SMILES string of the molecule is CN(C)C(=O)CNC(=O)CCC(=O)c1ccc2c(c1)CCCC2. The van der Waals surface area contributed by atoms with Gasteiger partial charge < -0.3 is 10.2 Å². The number of carbonyl (C=O) groups excluding carboxylic acids is 3. The van der Waals surface area contributed by atoms with Gasteiger partial charge in [0.05, 0.1) is 6.54 Å². The predicted molar refractivity (Wildman–Crippen MR) is 88.4 cm³/mol. The number of carbonyl (C=O) groups is 3. The first kappa shape index (κ1) is 17.2. The molecule has 5 heteroatoms. The summed E-state index contributed by atoms with van der Waals surface area (Å²) in [6, 6.07) is 5.88. The average Bonchev–Trinajstić information content (AvgIpc) is 2.56. The van der Waals surface area contributed by atoms with Gasteiger partial charge >= 0.3 is 0 Å². The van der Waals surface area contributed by atoms with E-state index in [1.165, 1.54) is 28.9 Å². The molecule has 1 N–H and O–H groups in total. The zero-order valence-corrected chi connectivity index (χ0v) is 13.9. The Morgan fingerprint density at radius 2 is 1.74 bits per heavy atom. The molecule has 5 nitrogen and oxygen atoms in total. The maximum Gasteiger partial charge on any atom is 0.241 e. The van der Waals surface area contributed by atoms with E-state index in [4.69, 9.17) is 0 Å². The number of likely N-dealkylation sites (N-methyl/N-ethyl adjacent to an activating group) is 1. The van der Waals surface area contributed by atoms with Crippen LogP contribution in [0.25, 0.3) is 0 Å². The normalized spacial score (nSPS) is 13.1. The second-order valence-electron chi connectivity index (χ2n) is 6.18. The highest BCUT2D eigenvalue weighted by molar-refractivity contribution is 5.98. The Morgan fingerprint density at radius 3 is 2.43 bits per heavy atom. The van der Waals surface area contributed by atoms with Crippen LogP contribution >= 0.6 is 0 Å². The second-order valence-corrected chi connectivity index (χ2v) is 6.18. The lowest BCUT2D eigenvalue weighted by molar-refractivity contribution is -0.130. The minimum atomic E-state index is -0.272. The van der Waals surface area contributed by atoms with Gasteiger partial charge in [0.25, 0.3) is 0 Å². The highest BCUT2D eigenvalue weighted by Gasteiger charge is 2.14. The van der Waals surface area contributed by atoms with Crippen molar-refractivity contribution < 1.29 is 14.4 Å². The van der Waals surface area contributed by atoms with Crippen molar-refractivity contribution in [1.29, 1.82) is 0 Å². The van der Waals surface area contributed by atoms with E-state index in [9.17, 15) is 14.4 Å². The summed E-state index contributed by atoms with van der Waals surface area (Å²) in [6.07, 6.45) is 4.78. The average molecular weight is 316 g/mol. The van der Waals surface area contributed by atoms with Gasteiger partial charge in [-0.05, 0) is 42.9 Å². The van der Waals surface area contributed by atoms with Gasteiger partial charge in [0.2, 0.25) is 11.8 Å². The molecule has 0 saturated heterocycles. The molecule has 0 atom stereocenters. The molecule has 124 valence electrons. The largest absolute Gasteiger partial charge is 0.347 e. The van der Waals surface area contributed by atoms with Crippen LogP contribution in [0.1, 0.15) is 47.2 Å². The number of hydrogen-bond acceptors (Lipinski definition) is 3. The van der Waals surface area contributed by atoms with E-state index in [2.05, 4.69) is 5.32 Å². The minimum absolute atomic E-state index is 0.0209. The number of benzene rings is 1. The number of hydrogen-bond donors (Lipinski definition) is 1. The molecule has 0 saturated carbocycles. The topological polar surface area (TPSA) is 66.5 Å². The monoisotopic (exact) mass is 316 g/mol. The molecule has 1 aliphatic carbocycles. The van der Waals surface area contributed by atoms with E-state index in [-0.39, 0.29) is 37.0 Å². The lowest BCUT2D eigenvalue weighted by Crippen LogP contribution is -2.36. The fourth-order valence-electron chi connectivity index (χ4n) is 2.70. The van der Waals surface area contributed by atoms with E-state index in [0.717, 1.165) is 12.8 Å². The van der Waals surface area contributed by atoms with E-state index < -0.39 is 0 Å². The fraction of sp³-hybridized carbons (Fsp3) is 0.500. The molecule has 1 aromatic rings. The van der Waals surface area contributed by atoms with E-state index in [0.29, 0.717) is 5.56 Å². The smallest absolute Gasteiger partial charge is 0.241 e. The zero-order chi connectivity index (χ0) is 16.8. The molecule has 0 unspecified atom stereocenters. The summed E-state index contributed by atoms with van der Waals surface area (Å²) >= 11 is 0. The Bertz CT molecular complexity index is 608. The lowest BCUT2D eigenvalue weighted by Gasteiger charge is -2.16. The van der Waals surface area contributed by atoms with Crippen molar-refractivity contribution in [3.8, 4) is 0 Å². The van der Waals surface area contributed by atoms with Crippen molar-refractivity contribution in [2.24, 2.45) is 0 Å². The molecule has 0 bridgehead atoms. The van der Waals surface area contributed by atoms with Crippen LogP contribution in [-0.2, 0) is 22.4 Å². The third kappa shape index (κ3) is 4.91. The maximum atomic E-state index is 12.2. The third-order valence-corrected chi connectivity index (χ3v) is 4.19. The van der Waals surface area contributed by atoms with Gasteiger partial charge in [0.1, 0.15) is 0 Å². The van der Waals surface area contributed by atoms with Gasteiger partial charge in [0.15, 0.2) is 5.78 Å². The van der Waals surface area contributed by atoms with Crippen LogP contribution < -0.4 is 5.32 Å². The Hall–Kier alpha value is -2.17. The molecule has 0 heterocycles. The molecule has 0 spiro atoms. The molecule has 23 heavy (non-hydrogen) atoms. The van der Waals surface area contributed by atoms with Crippen LogP contribution in [0.4, 0.5) is 0 Å². The molecule has 0 fully saturated rings. The van der Waals surface area contributed by atoms with Crippen LogP contribution in [0.3, 0.4) is 0 Å². The minimum Gasteiger partial charge on any atom is -0.347 e. The molecule has 1 aromatic carbocycles. The first-order chi connectivity index (χ1) is 11.0. The Labute approximate surface area is 137 Å². The van der Waals surface area contributed by atoms with Crippen LogP contribution in [0, 0.1) is 0 Å². The summed E-state index contributed by atoms with van der Waals surface area (Å²) in [5.41, 5.74) is 3.29. The number of fused-ring (bicyclic) bond motifs is 1. The Kier molecular flexibility index (Phi) is 5.90. The number of nitrogens with one attached hydrogen (secondary N) is 1. The summed E-state index contributed by atoms with van der Waals surface area (Å²) in [5.74, 6) is -0.460. The van der Waals surface area contributed by atoms with Crippen molar-refractivity contribution in [3.63, 3.8) is 0 Å². The molecular weight excluding hydrogens is 292 g/mol. The van der Waals surface area contributed by atoms with Crippen LogP contribution in [0.15, 0.2) is 18.2 Å². The summed E-state index contributed by atoms with van der Waals surface area (Å²) in [6.45, 7) is -0.0289. The van der Waals surface area contributed by atoms with Crippen LogP contribution in [0.2, 0.25) is 0 Å². The summed E-state index contributed by atoms with van der Waals surface area (Å²) in [4.78, 5) is 36.7. The van der Waals surface area contributed by atoms with Gasteiger partial charge in [-0.15, -0.1) is 0 Å². The summed E-state index contributed by atoms with van der Waals surface area (Å²) < 4.78 is 0. The highest BCUT2D eigenvalue weighted by Crippen LogP contribution is 2.22. The molecular formula is C18H24N2O3. The number of rotatable bonds is 6. The Morgan fingerprint density at radius 1 is 1.04 bits per heavy atom. The predicted octanol–water partition coefficient (Wildman–Crippen LogP) is 1.73. The van der Waals surface area contributed by atoms with Crippen molar-refractivity contribution in [2.45, 2.75) is 38.5 Å². The van der Waals surface area contributed by atoms with E-state index in [1.54, 1.807) is 14.1 Å². The van der Waals surface area contributed by atoms with Gasteiger partial charge in [-0.25, -0.2) is 0 Å². The van der Waals surface area contributed by atoms with Crippen LogP contribution in [-0.4, -0.2) is 43.1 Å². The van der Waals surface area contributed by atoms with Crippen molar-refractivity contribution in [1.82, 2.24) is 10.2 Å². The molecule has 1 aliphatic rings.